The zero-order chi connectivity index (χ0) is 93.1. The van der Waals surface area contributed by atoms with Crippen molar-refractivity contribution in [3.63, 3.8) is 0 Å². The molecule has 2 N–H and O–H groups in total. The summed E-state index contributed by atoms with van der Waals surface area (Å²) in [5.74, 6) is 6.68. The number of hydrogen-bond donors (Lipinski definition) is 1. The highest BCUT2D eigenvalue weighted by Gasteiger charge is 2.64. The third-order valence-electron chi connectivity index (χ3n) is 23.5. The highest BCUT2D eigenvalue weighted by Crippen LogP contribution is 2.44. The minimum absolute atomic E-state index is 0.116. The average Bonchev–Trinajstić information content (AvgIpc) is 1.61. The number of nitrogens with two attached hydrogens (primary N) is 1. The summed E-state index contributed by atoms with van der Waals surface area (Å²) in [6.07, 6.45) is 19.9. The average molecular weight is 2200 g/mol. The van der Waals surface area contributed by atoms with Crippen molar-refractivity contribution in [3.8, 4) is 34.5 Å². The Hall–Kier alpha value is -6.26. The van der Waals surface area contributed by atoms with E-state index in [1.807, 2.05) is 202 Å². The predicted molar refractivity (Wildman–Crippen MR) is 528 cm³/mol. The van der Waals surface area contributed by atoms with Crippen LogP contribution in [-0.4, -0.2) is 145 Å². The van der Waals surface area contributed by atoms with Crippen molar-refractivity contribution in [3.05, 3.63) is 198 Å². The summed E-state index contributed by atoms with van der Waals surface area (Å²) in [6.45, 7) is 35.3. The van der Waals surface area contributed by atoms with Crippen LogP contribution in [0.1, 0.15) is 196 Å². The van der Waals surface area contributed by atoms with Gasteiger partial charge in [-0.3, -0.25) is 39.0 Å². The van der Waals surface area contributed by atoms with Gasteiger partial charge in [-0.05, 0) is 371 Å². The fraction of sp³-hybridized carbons (Fsp3) is 0.500. The Kier molecular flexibility index (Phi) is 39.0. The van der Waals surface area contributed by atoms with Gasteiger partial charge in [0.1, 0.15) is 51.9 Å². The van der Waals surface area contributed by atoms with Crippen LogP contribution in [0.2, 0.25) is 0 Å². The van der Waals surface area contributed by atoms with Gasteiger partial charge in [-0.15, -0.1) is 0 Å². The van der Waals surface area contributed by atoms with E-state index >= 15 is 0 Å². The number of amides is 1. The van der Waals surface area contributed by atoms with Crippen LogP contribution in [0.5, 0.6) is 34.5 Å². The molecule has 0 radical (unpaired) electrons. The van der Waals surface area contributed by atoms with E-state index in [2.05, 4.69) is 134 Å². The Labute approximate surface area is 805 Å². The van der Waals surface area contributed by atoms with Crippen LogP contribution >= 0.6 is 102 Å². The number of halogens is 6. The Bertz CT molecular complexity index is 4980. The maximum atomic E-state index is 12.8. The Morgan fingerprint density at radius 3 is 1.15 bits per heavy atom. The van der Waals surface area contributed by atoms with Gasteiger partial charge in [0.25, 0.3) is 0 Å². The highest BCUT2D eigenvalue weighted by molar-refractivity contribution is 14.1. The van der Waals surface area contributed by atoms with Crippen molar-refractivity contribution in [2.24, 2.45) is 29.4 Å². The molecule has 3 aliphatic heterocycles. The molecule has 1 amide bonds. The van der Waals surface area contributed by atoms with E-state index in [0.29, 0.717) is 55.0 Å². The summed E-state index contributed by atoms with van der Waals surface area (Å²) in [4.78, 5) is 69.2. The second-order valence-electron chi connectivity index (χ2n) is 35.1. The zero-order valence-corrected chi connectivity index (χ0v) is 86.4. The van der Waals surface area contributed by atoms with Crippen LogP contribution < -0.4 is 44.5 Å². The number of carbonyl (C=O) groups excluding carboxylic acids is 4. The van der Waals surface area contributed by atoms with Crippen molar-refractivity contribution in [2.45, 2.75) is 241 Å². The van der Waals surface area contributed by atoms with Crippen molar-refractivity contribution in [1.29, 1.82) is 0 Å². The van der Waals surface area contributed by atoms with Crippen molar-refractivity contribution >= 4 is 157 Å². The fourth-order valence-corrected chi connectivity index (χ4v) is 14.4. The summed E-state index contributed by atoms with van der Waals surface area (Å²) in [7, 11) is 8.48. The van der Waals surface area contributed by atoms with E-state index in [1.165, 1.54) is 36.1 Å². The third kappa shape index (κ3) is 30.4. The molecule has 23 nitrogen and oxygen atoms in total. The van der Waals surface area contributed by atoms with Crippen LogP contribution in [0.15, 0.2) is 116 Å². The van der Waals surface area contributed by atoms with E-state index < -0.39 is 27.1 Å². The first-order valence-corrected chi connectivity index (χ1v) is 47.0. The highest BCUT2D eigenvalue weighted by atomic mass is 127. The first-order valence-electron chi connectivity index (χ1n) is 42.3. The fourth-order valence-electron chi connectivity index (χ4n) is 12.4. The Balaban J connectivity index is 0.000000183. The molecule has 3 saturated heterocycles. The van der Waals surface area contributed by atoms with Crippen molar-refractivity contribution in [2.75, 3.05) is 47.6 Å². The number of rotatable bonds is 23. The number of aryl methyl sites for hydroxylation is 7. The number of carbonyl (C=O) groups is 4. The van der Waals surface area contributed by atoms with E-state index in [4.69, 9.17) is 73.7 Å². The van der Waals surface area contributed by atoms with Gasteiger partial charge in [0.2, 0.25) is 17.1 Å². The van der Waals surface area contributed by atoms with Gasteiger partial charge in [-0.2, -0.15) is 4.39 Å². The van der Waals surface area contributed by atoms with Gasteiger partial charge < -0.3 is 62.1 Å². The molecule has 4 saturated carbocycles. The smallest absolute Gasteiger partial charge is 0.495 e. The van der Waals surface area contributed by atoms with Crippen LogP contribution in [0, 0.1) is 78.5 Å². The molecule has 0 atom stereocenters. The van der Waals surface area contributed by atoms with Crippen molar-refractivity contribution < 1.29 is 79.9 Å². The molecule has 7 fully saturated rings. The number of benzene rings is 3. The minimum atomic E-state index is -0.476. The van der Waals surface area contributed by atoms with Gasteiger partial charge in [0.15, 0.2) is 0 Å². The van der Waals surface area contributed by atoms with Crippen LogP contribution in [0.3, 0.4) is 0 Å². The number of aromatic nitrogens is 5. The van der Waals surface area contributed by atoms with E-state index in [1.54, 1.807) is 47.6 Å². The maximum absolute atomic E-state index is 12.8. The monoisotopic (exact) mass is 2200 g/mol. The molecular weight excluding hydrogens is 2080 g/mol. The molecule has 8 heterocycles. The number of pyridine rings is 5. The van der Waals surface area contributed by atoms with Gasteiger partial charge in [0.05, 0.1) is 82.8 Å². The molecule has 0 bridgehead atoms. The number of hydrogen-bond acceptors (Lipinski definition) is 22. The molecule has 15 rings (SSSR count). The molecule has 32 heteroatoms. The Morgan fingerprint density at radius 2 is 0.778 bits per heavy atom. The molecule has 3 aromatic carbocycles. The molecule has 7 aliphatic rings. The molecule has 4 aliphatic carbocycles. The first-order chi connectivity index (χ1) is 59.2. The van der Waals surface area contributed by atoms with Crippen molar-refractivity contribution in [1.82, 2.24) is 24.9 Å². The summed E-state index contributed by atoms with van der Waals surface area (Å²) < 4.78 is 84.3. The third-order valence-corrected chi connectivity index (χ3v) is 28.5. The van der Waals surface area contributed by atoms with Gasteiger partial charge in [-0.25, -0.2) is 9.97 Å². The molecule has 8 aromatic rings. The van der Waals surface area contributed by atoms with Gasteiger partial charge in [0, 0.05) is 141 Å². The lowest BCUT2D eigenvalue weighted by atomic mass is 9.49. The van der Waals surface area contributed by atoms with E-state index in [-0.39, 0.29) is 62.5 Å². The van der Waals surface area contributed by atoms with Gasteiger partial charge in [-0.1, -0.05) is 12.1 Å². The predicted octanol–water partition coefficient (Wildman–Crippen LogP) is 19.2. The number of Topliss-reactive ketones (excluding diaryl/α,β-unsaturated/α-hetero) is 2. The lowest BCUT2D eigenvalue weighted by molar-refractivity contribution is -0.120. The van der Waals surface area contributed by atoms with Crippen LogP contribution in [0.25, 0.3) is 0 Å². The molecule has 0 unspecified atom stereocenters. The van der Waals surface area contributed by atoms with Gasteiger partial charge >= 0.3 is 21.1 Å². The number of nitrogens with zero attached hydrogens (tertiary/aromatic N) is 6. The molecule has 0 spiro atoms. The second kappa shape index (κ2) is 46.7. The molecule has 680 valence electrons. The topological polar surface area (TPSA) is 273 Å². The largest absolute Gasteiger partial charge is 0.497 e. The first kappa shape index (κ1) is 105. The number of ketones is 2. The lowest BCUT2D eigenvalue weighted by Gasteiger charge is -2.32. The normalized spacial score (nSPS) is 17.2. The summed E-state index contributed by atoms with van der Waals surface area (Å²) in [5, 5.41) is -0.157. The Morgan fingerprint density at radius 1 is 0.429 bits per heavy atom. The standard InChI is InChI=1S/C19H21IN2O3.C17H24BNO3.C16H18INO2.C12H24B2O4.C11H12INO.C9H13NO2.C6H5FIN.C4H5ClO/c1-12-10-21-18(9-16(12)20)22(19(23)13-4-5-13)11-14-6-7-15(24-2)8-17(14)25-3;1-11-10-19-13(9-15(20)12-6-7-12)8-14(11)18-21-16(2,3)17(4,5)22-18;1-11-10-18-13(8-15(11)17)6-4-12-5-7-14(19-2)9-16(12)20-3;1-9(2)10(3,4)16-13(15-9)14-17-11(5,6)12(7,8)18-14;1-7-6-13-9(4-10(7)12)5-11(14)8-2-3-8;1-11-8-4-3-7(6-10)9(5-8)12-2;1-4-3-9-6(7)2-5(4)8;5-4(6)3-1-2-3/h6-10,13H,4-5,11H2,1-3H3;8,10,12H,6-7,9H2,1-5H3;5,7-10H,4,6H2,1-3H3;1-8H3;4,6,8H,2-3,5H2,1H3;3-5H,6,10H2,1-2H3;2-3H,1H3;3H,1-2H2. The number of ether oxygens (including phenoxy) is 6. The van der Waals surface area contributed by atoms with Crippen LogP contribution in [-0.2, 0) is 85.9 Å². The molecule has 5 aromatic heterocycles. The number of anilines is 1. The summed E-state index contributed by atoms with van der Waals surface area (Å²) in [5.41, 5.74) is 15.8. The molecule has 126 heavy (non-hydrogen) atoms. The SMILES string of the molecule is CC1(C)OB(B2OC(C)(C)C(C)(C)O2)OC1(C)C.COc1ccc(CCc2cc(I)c(C)cn2)c(OC)c1.COc1ccc(CN(C(=O)C2CC2)c2cc(I)c(C)cn2)c(OC)c1.COc1ccc(CN)c(OC)c1.Cc1cnc(CC(=O)C2CC2)cc1B1OC(C)(C)C(C)(C)O1.Cc1cnc(CC(=O)C2CC2)cc1I.Cc1cnc(F)cc1I.O=C(Cl)C1CC1. The minimum Gasteiger partial charge on any atom is -0.497 e. The van der Waals surface area contributed by atoms with E-state index in [0.717, 1.165) is 150 Å². The van der Waals surface area contributed by atoms with Crippen LogP contribution in [0.4, 0.5) is 10.2 Å². The maximum Gasteiger partial charge on any atom is 0.495 e. The second-order valence-corrected chi connectivity index (χ2v) is 40.1. The zero-order valence-electron chi connectivity index (χ0n) is 77.0. The lowest BCUT2D eigenvalue weighted by Crippen LogP contribution is -2.41. The number of methoxy groups -OCH3 is 6. The quantitative estimate of drug-likeness (QED) is 0.0270. The summed E-state index contributed by atoms with van der Waals surface area (Å²) >= 11 is 14.0. The molecular formula is C94H122B3ClFI4N7O16. The summed E-state index contributed by atoms with van der Waals surface area (Å²) in [6, 6.07) is 26.7. The van der Waals surface area contributed by atoms with E-state index in [9.17, 15) is 23.6 Å².